The van der Waals surface area contributed by atoms with Crippen LogP contribution in [0.25, 0.3) is 0 Å². The predicted molar refractivity (Wildman–Crippen MR) is 147 cm³/mol. The van der Waals surface area contributed by atoms with E-state index in [1.165, 1.54) is 38.1 Å². The molecule has 0 aromatic heterocycles. The van der Waals surface area contributed by atoms with E-state index in [9.17, 15) is 28.8 Å². The molecule has 3 aromatic rings. The fraction of sp³-hybridized carbons (Fsp3) is 0.125. The first-order valence-electron chi connectivity index (χ1n) is 12.1. The highest BCUT2D eigenvalue weighted by molar-refractivity contribution is 5.86. The molecular formula is C32H22O10. The minimum atomic E-state index is -0.703. The van der Waals surface area contributed by atoms with Gasteiger partial charge >= 0.3 is 23.9 Å². The van der Waals surface area contributed by atoms with Crippen LogP contribution in [0, 0.1) is 23.7 Å². The van der Waals surface area contributed by atoms with Crippen LogP contribution in [-0.4, -0.2) is 36.4 Å². The van der Waals surface area contributed by atoms with Gasteiger partial charge in [-0.3, -0.25) is 28.8 Å². The molecule has 0 radical (unpaired) electrons. The van der Waals surface area contributed by atoms with Gasteiger partial charge in [-0.05, 0) is 48.5 Å². The Hall–Kier alpha value is -6.00. The number of rotatable bonds is 6. The monoisotopic (exact) mass is 566 g/mol. The number of carbonyl (C=O) groups excluding carboxylic acids is 6. The maximum absolute atomic E-state index is 11.7. The van der Waals surface area contributed by atoms with Crippen LogP contribution in [0.3, 0.4) is 0 Å². The summed E-state index contributed by atoms with van der Waals surface area (Å²) in [5, 5.41) is 0. The van der Waals surface area contributed by atoms with Crippen LogP contribution in [0.1, 0.15) is 70.7 Å². The second-order valence-electron chi connectivity index (χ2n) is 8.40. The zero-order chi connectivity index (χ0) is 30.8. The SMILES string of the molecule is CC(=O)Oc1ccc(C=O)c(C#Cc2ccc(C#Cc3c(C=O)ccc(OC(C)=O)c3OC(C)=O)cc2)c1OC(C)=O. The molecule has 0 aliphatic rings. The zero-order valence-electron chi connectivity index (χ0n) is 22.9. The molecule has 0 N–H and O–H groups in total. The van der Waals surface area contributed by atoms with Gasteiger partial charge in [0.15, 0.2) is 35.6 Å². The van der Waals surface area contributed by atoms with E-state index in [2.05, 4.69) is 23.7 Å². The topological polar surface area (TPSA) is 139 Å². The maximum Gasteiger partial charge on any atom is 0.308 e. The van der Waals surface area contributed by atoms with Gasteiger partial charge in [0.2, 0.25) is 0 Å². The minimum absolute atomic E-state index is 0.0508. The number of esters is 4. The second kappa shape index (κ2) is 13.9. The molecule has 0 unspecified atom stereocenters. The highest BCUT2D eigenvalue weighted by Crippen LogP contribution is 2.34. The lowest BCUT2D eigenvalue weighted by molar-refractivity contribution is -0.134. The molecule has 10 heteroatoms. The first kappa shape index (κ1) is 30.5. The lowest BCUT2D eigenvalue weighted by atomic mass is 10.0. The number of aldehydes is 2. The van der Waals surface area contributed by atoms with Crippen molar-refractivity contribution in [3.63, 3.8) is 0 Å². The van der Waals surface area contributed by atoms with E-state index in [4.69, 9.17) is 18.9 Å². The van der Waals surface area contributed by atoms with E-state index in [1.54, 1.807) is 24.3 Å². The van der Waals surface area contributed by atoms with E-state index in [1.807, 2.05) is 0 Å². The normalized spacial score (nSPS) is 9.62. The number of ether oxygens (including phenoxy) is 4. The minimum Gasteiger partial charge on any atom is -0.423 e. The Morgan fingerprint density at radius 1 is 0.500 bits per heavy atom. The quantitative estimate of drug-likeness (QED) is 0.187. The Kier molecular flexibility index (Phi) is 10.1. The van der Waals surface area contributed by atoms with E-state index in [-0.39, 0.29) is 45.3 Å². The van der Waals surface area contributed by atoms with Crippen LogP contribution < -0.4 is 18.9 Å². The van der Waals surface area contributed by atoms with E-state index in [0.29, 0.717) is 23.7 Å². The van der Waals surface area contributed by atoms with Crippen LogP contribution >= 0.6 is 0 Å². The second-order valence-corrected chi connectivity index (χ2v) is 8.40. The summed E-state index contributed by atoms with van der Waals surface area (Å²) in [6, 6.07) is 11.9. The number of hydrogen-bond donors (Lipinski definition) is 0. The summed E-state index contributed by atoms with van der Waals surface area (Å²) in [7, 11) is 0. The average Bonchev–Trinajstić information content (AvgIpc) is 2.92. The fourth-order valence-corrected chi connectivity index (χ4v) is 3.48. The van der Waals surface area contributed by atoms with Gasteiger partial charge in [-0.25, -0.2) is 0 Å². The molecule has 42 heavy (non-hydrogen) atoms. The first-order chi connectivity index (χ1) is 20.0. The summed E-state index contributed by atoms with van der Waals surface area (Å²) in [6.07, 6.45) is 1.06. The third-order valence-corrected chi connectivity index (χ3v) is 5.11. The Morgan fingerprint density at radius 2 is 0.833 bits per heavy atom. The van der Waals surface area contributed by atoms with Gasteiger partial charge in [-0.15, -0.1) is 0 Å². The van der Waals surface area contributed by atoms with E-state index in [0.717, 1.165) is 13.8 Å². The van der Waals surface area contributed by atoms with Crippen molar-refractivity contribution in [2.24, 2.45) is 0 Å². The third-order valence-electron chi connectivity index (χ3n) is 5.11. The van der Waals surface area contributed by atoms with Crippen molar-refractivity contribution in [3.8, 4) is 46.7 Å². The number of carbonyl (C=O) groups is 6. The summed E-state index contributed by atoms with van der Waals surface area (Å²) in [5.74, 6) is 8.13. The highest BCUT2D eigenvalue weighted by Gasteiger charge is 2.19. The highest BCUT2D eigenvalue weighted by atomic mass is 16.6. The third kappa shape index (κ3) is 8.01. The van der Waals surface area contributed by atoms with Crippen molar-refractivity contribution in [3.05, 3.63) is 81.9 Å². The smallest absolute Gasteiger partial charge is 0.308 e. The average molecular weight is 567 g/mol. The molecule has 0 saturated heterocycles. The molecule has 0 aliphatic carbocycles. The molecule has 0 atom stereocenters. The molecule has 0 aliphatic heterocycles. The van der Waals surface area contributed by atoms with Crippen LogP contribution in [0.2, 0.25) is 0 Å². The summed E-state index contributed by atoms with van der Waals surface area (Å²) in [6.45, 7) is 4.66. The van der Waals surface area contributed by atoms with Crippen LogP contribution in [0.4, 0.5) is 0 Å². The molecule has 3 aromatic carbocycles. The van der Waals surface area contributed by atoms with Crippen LogP contribution in [-0.2, 0) is 19.2 Å². The molecule has 0 spiro atoms. The fourth-order valence-electron chi connectivity index (χ4n) is 3.48. The Labute approximate surface area is 240 Å². The molecule has 0 fully saturated rings. The molecule has 10 nitrogen and oxygen atoms in total. The lowest BCUT2D eigenvalue weighted by Crippen LogP contribution is -2.09. The van der Waals surface area contributed by atoms with Gasteiger partial charge < -0.3 is 18.9 Å². The van der Waals surface area contributed by atoms with E-state index < -0.39 is 23.9 Å². The van der Waals surface area contributed by atoms with Crippen molar-refractivity contribution >= 4 is 36.4 Å². The van der Waals surface area contributed by atoms with Crippen molar-refractivity contribution in [1.82, 2.24) is 0 Å². The molecule has 0 saturated carbocycles. The molecular weight excluding hydrogens is 544 g/mol. The van der Waals surface area contributed by atoms with Gasteiger partial charge in [-0.2, -0.15) is 0 Å². The molecule has 0 amide bonds. The van der Waals surface area contributed by atoms with Crippen molar-refractivity contribution in [1.29, 1.82) is 0 Å². The molecule has 210 valence electrons. The lowest BCUT2D eigenvalue weighted by Gasteiger charge is -2.12. The molecule has 3 rings (SSSR count). The summed E-state index contributed by atoms with van der Waals surface area (Å²) in [4.78, 5) is 69.6. The summed E-state index contributed by atoms with van der Waals surface area (Å²) in [5.41, 5.74) is 1.32. The largest absolute Gasteiger partial charge is 0.423 e. The molecule has 0 bridgehead atoms. The van der Waals surface area contributed by atoms with Gasteiger partial charge in [0.25, 0.3) is 0 Å². The summed E-state index contributed by atoms with van der Waals surface area (Å²) >= 11 is 0. The van der Waals surface area contributed by atoms with Crippen molar-refractivity contribution < 1.29 is 47.7 Å². The Morgan fingerprint density at radius 3 is 1.12 bits per heavy atom. The van der Waals surface area contributed by atoms with Crippen LogP contribution in [0.15, 0.2) is 48.5 Å². The van der Waals surface area contributed by atoms with Gasteiger partial charge in [-0.1, -0.05) is 23.7 Å². The van der Waals surface area contributed by atoms with Gasteiger partial charge in [0.05, 0.1) is 11.1 Å². The number of hydrogen-bond acceptors (Lipinski definition) is 10. The first-order valence-corrected chi connectivity index (χ1v) is 12.1. The standard InChI is InChI=1S/C32H22O10/c1-19(35)39-29-15-11-25(17-33)27(31(29)41-21(3)37)13-9-23-5-7-24(8-6-23)10-14-28-26(18-34)12-16-30(40-20(2)36)32(28)42-22(4)38/h5-8,11-12,15-18H,1-4H3. The van der Waals surface area contributed by atoms with Crippen molar-refractivity contribution in [2.45, 2.75) is 27.7 Å². The zero-order valence-corrected chi connectivity index (χ0v) is 22.9. The van der Waals surface area contributed by atoms with Gasteiger partial charge in [0, 0.05) is 49.9 Å². The van der Waals surface area contributed by atoms with Crippen molar-refractivity contribution in [2.75, 3.05) is 0 Å². The maximum atomic E-state index is 11.7. The number of benzene rings is 3. The van der Waals surface area contributed by atoms with Gasteiger partial charge in [0.1, 0.15) is 0 Å². The molecule has 0 heterocycles. The van der Waals surface area contributed by atoms with E-state index >= 15 is 0 Å². The predicted octanol–water partition coefficient (Wildman–Crippen LogP) is 3.81. The Bertz CT molecular complexity index is 1600. The summed E-state index contributed by atoms with van der Waals surface area (Å²) < 4.78 is 20.6. The van der Waals surface area contributed by atoms with Crippen LogP contribution in [0.5, 0.6) is 23.0 Å². The Balaban J connectivity index is 2.02.